The molecule has 0 spiro atoms. The first-order chi connectivity index (χ1) is 14.8. The molecule has 1 N–H and O–H groups in total. The van der Waals surface area contributed by atoms with Gasteiger partial charge in [-0.15, -0.1) is 0 Å². The molecule has 1 radical (unpaired) electrons. The van der Waals surface area contributed by atoms with E-state index in [1.54, 1.807) is 32.6 Å². The molecule has 0 aromatic rings. The number of hydrogen-bond acceptors (Lipinski definition) is 1. The monoisotopic (exact) mass is 531 g/mol. The first-order valence-corrected chi connectivity index (χ1v) is 20.3. The van der Waals surface area contributed by atoms with Crippen LogP contribution < -0.4 is 0 Å². The van der Waals surface area contributed by atoms with Crippen LogP contribution in [-0.2, 0) is 0 Å². The molecule has 0 rings (SSSR count). The Bertz CT molecular complexity index is 278. The molecule has 0 saturated carbocycles. The quantitative estimate of drug-likeness (QED) is 0.0872. The van der Waals surface area contributed by atoms with E-state index in [1.807, 2.05) is 0 Å². The van der Waals surface area contributed by atoms with Crippen LogP contribution in [0.25, 0.3) is 0 Å². The molecule has 0 saturated heterocycles. The number of unbranched alkanes of at least 4 members (excludes halogenated alkanes) is 19. The first-order valence-electron chi connectivity index (χ1n) is 14.3. The molecule has 0 fully saturated rings. The molecule has 0 aliphatic rings. The topological polar surface area (TPSA) is 20.2 Å². The van der Waals surface area contributed by atoms with Gasteiger partial charge in [-0.2, -0.15) is 0 Å². The zero-order chi connectivity index (χ0) is 22.0. The summed E-state index contributed by atoms with van der Waals surface area (Å²) in [5, 5.41) is 8.82. The van der Waals surface area contributed by atoms with Gasteiger partial charge < -0.3 is 5.11 Å². The second kappa shape index (κ2) is 27.8. The van der Waals surface area contributed by atoms with Crippen LogP contribution in [0.15, 0.2) is 0 Å². The van der Waals surface area contributed by atoms with Gasteiger partial charge in [0.25, 0.3) is 0 Å². The summed E-state index contributed by atoms with van der Waals surface area (Å²) in [4.78, 5) is 0. The third kappa shape index (κ3) is 25.0. The molecule has 1 nitrogen and oxygen atoms in total. The van der Waals surface area contributed by atoms with Gasteiger partial charge in [0.1, 0.15) is 0 Å². The molecule has 30 heavy (non-hydrogen) atoms. The summed E-state index contributed by atoms with van der Waals surface area (Å²) in [5.41, 5.74) is 0. The van der Waals surface area contributed by atoms with Crippen molar-refractivity contribution in [3.63, 3.8) is 0 Å². The Morgan fingerprint density at radius 1 is 0.367 bits per heavy atom. The number of hydrogen-bond donors (Lipinski definition) is 1. The summed E-state index contributed by atoms with van der Waals surface area (Å²) >= 11 is -1.07. The molecular formula is C28H59OSn. The van der Waals surface area contributed by atoms with Crippen LogP contribution in [0.1, 0.15) is 155 Å². The Balaban J connectivity index is 3.73. The van der Waals surface area contributed by atoms with Crippen molar-refractivity contribution in [1.82, 2.24) is 0 Å². The van der Waals surface area contributed by atoms with Crippen molar-refractivity contribution >= 4 is 19.8 Å². The third-order valence-electron chi connectivity index (χ3n) is 6.71. The summed E-state index contributed by atoms with van der Waals surface area (Å²) in [6, 6.07) is 0. The van der Waals surface area contributed by atoms with Crippen molar-refractivity contribution in [2.45, 2.75) is 168 Å². The van der Waals surface area contributed by atoms with E-state index in [9.17, 15) is 0 Å². The van der Waals surface area contributed by atoms with E-state index in [0.29, 0.717) is 6.61 Å². The number of aliphatic hydroxyl groups excluding tert-OH is 1. The van der Waals surface area contributed by atoms with Gasteiger partial charge in [-0.05, 0) is 0 Å². The Kier molecular flexibility index (Phi) is 28.5. The van der Waals surface area contributed by atoms with Gasteiger partial charge in [0.2, 0.25) is 0 Å². The smallest absolute Gasteiger partial charge is 0.396 e. The van der Waals surface area contributed by atoms with Crippen LogP contribution >= 0.6 is 0 Å². The maximum atomic E-state index is 8.82. The van der Waals surface area contributed by atoms with E-state index in [1.165, 1.54) is 116 Å². The summed E-state index contributed by atoms with van der Waals surface area (Å²) in [6.07, 6.45) is 31.7. The van der Waals surface area contributed by atoms with Crippen molar-refractivity contribution < 1.29 is 5.11 Å². The zero-order valence-corrected chi connectivity index (χ0v) is 24.2. The molecule has 0 unspecified atom stereocenters. The molecule has 2 heteroatoms. The van der Waals surface area contributed by atoms with Gasteiger partial charge in [0.05, 0.1) is 0 Å². The predicted octanol–water partition coefficient (Wildman–Crippen LogP) is 10.1. The van der Waals surface area contributed by atoms with Gasteiger partial charge >= 0.3 is 195 Å². The summed E-state index contributed by atoms with van der Waals surface area (Å²) < 4.78 is 5.11. The molecule has 0 aromatic carbocycles. The van der Waals surface area contributed by atoms with Crippen LogP contribution in [0, 0.1) is 0 Å². The minimum Gasteiger partial charge on any atom is -0.396 e. The van der Waals surface area contributed by atoms with E-state index in [4.69, 9.17) is 5.11 Å². The fraction of sp³-hybridized carbons (Fsp3) is 1.00. The third-order valence-corrected chi connectivity index (χ3v) is 15.8. The molecular weight excluding hydrogens is 471 g/mol. The van der Waals surface area contributed by atoms with Gasteiger partial charge in [-0.3, -0.25) is 0 Å². The van der Waals surface area contributed by atoms with Crippen LogP contribution in [0.2, 0.25) is 13.3 Å². The number of aliphatic hydroxyl groups is 1. The zero-order valence-electron chi connectivity index (χ0n) is 21.3. The molecule has 0 aliphatic carbocycles. The second-order valence-corrected chi connectivity index (χ2v) is 18.4. The predicted molar refractivity (Wildman–Crippen MR) is 140 cm³/mol. The minimum absolute atomic E-state index is 0.378. The summed E-state index contributed by atoms with van der Waals surface area (Å²) in [6.45, 7) is 5.03. The molecule has 0 aromatic heterocycles. The first kappa shape index (κ1) is 30.8. The Hall–Kier alpha value is 0.759. The van der Waals surface area contributed by atoms with Crippen molar-refractivity contribution in [1.29, 1.82) is 0 Å². The minimum atomic E-state index is -1.07. The van der Waals surface area contributed by atoms with Crippen molar-refractivity contribution in [3.8, 4) is 0 Å². The van der Waals surface area contributed by atoms with Crippen molar-refractivity contribution in [2.75, 3.05) is 6.61 Å². The van der Waals surface area contributed by atoms with Crippen LogP contribution in [0.5, 0.6) is 0 Å². The van der Waals surface area contributed by atoms with Gasteiger partial charge in [0, 0.05) is 0 Å². The number of rotatable bonds is 26. The Morgan fingerprint density at radius 2 is 0.633 bits per heavy atom. The summed E-state index contributed by atoms with van der Waals surface area (Å²) in [7, 11) is 0. The summed E-state index contributed by atoms with van der Waals surface area (Å²) in [5.74, 6) is 0. The average Bonchev–Trinajstić information content (AvgIpc) is 2.76. The van der Waals surface area contributed by atoms with Crippen LogP contribution in [-0.4, -0.2) is 31.5 Å². The van der Waals surface area contributed by atoms with E-state index >= 15 is 0 Å². The fourth-order valence-electron chi connectivity index (χ4n) is 4.59. The van der Waals surface area contributed by atoms with Gasteiger partial charge in [-0.25, -0.2) is 0 Å². The normalized spacial score (nSPS) is 11.6. The van der Waals surface area contributed by atoms with Crippen LogP contribution in [0.4, 0.5) is 0 Å². The molecule has 0 bridgehead atoms. The van der Waals surface area contributed by atoms with E-state index < -0.39 is 19.8 Å². The van der Waals surface area contributed by atoms with Gasteiger partial charge in [0.15, 0.2) is 0 Å². The molecule has 181 valence electrons. The van der Waals surface area contributed by atoms with Crippen molar-refractivity contribution in [2.24, 2.45) is 0 Å². The van der Waals surface area contributed by atoms with Gasteiger partial charge in [-0.1, -0.05) is 0 Å². The van der Waals surface area contributed by atoms with E-state index in [-0.39, 0.29) is 0 Å². The fourth-order valence-corrected chi connectivity index (χ4v) is 13.1. The molecule has 0 aliphatic heterocycles. The average molecular weight is 530 g/mol. The Morgan fingerprint density at radius 3 is 0.933 bits per heavy atom. The van der Waals surface area contributed by atoms with E-state index in [2.05, 4.69) is 13.8 Å². The molecule has 0 atom stereocenters. The van der Waals surface area contributed by atoms with Crippen LogP contribution in [0.3, 0.4) is 0 Å². The standard InChI is InChI=1S/C12H25O.2C8H17.Sn/c1-2-3-4-5-6-7-8-9-10-11-12-13;2*1-3-5-7-8-6-4-2;/h13H,1-12H2;2*1,3-8H2,2H3;. The molecule has 0 amide bonds. The molecule has 0 heterocycles. The Labute approximate surface area is 199 Å². The van der Waals surface area contributed by atoms with E-state index in [0.717, 1.165) is 6.42 Å². The SMILES string of the molecule is CCCCCCC[CH2][Sn]([CH2]CCCCCCC)[CH2]CCCCCCCCCCCO. The maximum absolute atomic E-state index is 8.82. The van der Waals surface area contributed by atoms with Crippen molar-refractivity contribution in [3.05, 3.63) is 0 Å². The second-order valence-electron chi connectivity index (χ2n) is 9.79.